The molecule has 4 rings (SSSR count). The highest BCUT2D eigenvalue weighted by atomic mass is 35.5. The van der Waals surface area contributed by atoms with Gasteiger partial charge < -0.3 is 15.2 Å². The average Bonchev–Trinajstić information content (AvgIpc) is 2.87. The van der Waals surface area contributed by atoms with Gasteiger partial charge in [0.05, 0.1) is 22.9 Å². The van der Waals surface area contributed by atoms with Crippen molar-refractivity contribution in [3.8, 4) is 11.5 Å². The lowest BCUT2D eigenvalue weighted by Crippen LogP contribution is -2.12. The van der Waals surface area contributed by atoms with Crippen molar-refractivity contribution in [3.05, 3.63) is 82.9 Å². The van der Waals surface area contributed by atoms with Crippen LogP contribution in [0.1, 0.15) is 29.8 Å². The second kappa shape index (κ2) is 11.2. The number of ether oxygens (including phenoxy) is 1. The summed E-state index contributed by atoms with van der Waals surface area (Å²) in [6.07, 6.45) is 0.181. The zero-order valence-corrected chi connectivity index (χ0v) is 22.0. The second-order valence-electron chi connectivity index (χ2n) is 8.16. The first-order valence-electron chi connectivity index (χ1n) is 11.6. The molecule has 3 N–H and O–H groups in total. The molecule has 1 amide bonds. The summed E-state index contributed by atoms with van der Waals surface area (Å²) in [4.78, 5) is 12.7. The zero-order valence-electron chi connectivity index (χ0n) is 20.5. The van der Waals surface area contributed by atoms with Gasteiger partial charge >= 0.3 is 0 Å². The standard InChI is InChI=1S/C27H24ClN3O6S/c1-3-19-23(13-12-22(28)26(19)38(34,35)36)30-31-24-20-11-6-5-8-16(20)14-21(25(24)32)27(33)29-17-9-7-10-18(15-17)37-4-2/h5-15,32H,3-4H2,1-2H3,(H,29,33)(H,34,35,36). The summed E-state index contributed by atoms with van der Waals surface area (Å²) < 4.78 is 39.0. The zero-order chi connectivity index (χ0) is 27.4. The number of carbonyl (C=O) groups is 1. The lowest BCUT2D eigenvalue weighted by molar-refractivity contribution is 0.102. The van der Waals surface area contributed by atoms with Crippen molar-refractivity contribution in [1.29, 1.82) is 0 Å². The van der Waals surface area contributed by atoms with Crippen molar-refractivity contribution >= 4 is 55.5 Å². The first-order chi connectivity index (χ1) is 18.1. The Labute approximate surface area is 224 Å². The molecule has 0 atom stereocenters. The number of hydrogen-bond donors (Lipinski definition) is 3. The molecule has 0 spiro atoms. The number of azo groups is 1. The van der Waals surface area contributed by atoms with Crippen LogP contribution in [0.25, 0.3) is 10.8 Å². The summed E-state index contributed by atoms with van der Waals surface area (Å²) in [6.45, 7) is 4.00. The highest BCUT2D eigenvalue weighted by Crippen LogP contribution is 2.41. The lowest BCUT2D eigenvalue weighted by Gasteiger charge is -2.12. The van der Waals surface area contributed by atoms with Crippen molar-refractivity contribution < 1.29 is 27.6 Å². The minimum absolute atomic E-state index is 0.0155. The molecule has 0 aliphatic rings. The van der Waals surface area contributed by atoms with Gasteiger partial charge in [0, 0.05) is 22.7 Å². The Morgan fingerprint density at radius 3 is 2.50 bits per heavy atom. The molecule has 0 aliphatic carbocycles. The molecule has 0 heterocycles. The number of hydrogen-bond acceptors (Lipinski definition) is 7. The van der Waals surface area contributed by atoms with Gasteiger partial charge in [0.15, 0.2) is 5.75 Å². The fraction of sp³-hybridized carbons (Fsp3) is 0.148. The molecule has 4 aromatic rings. The SMILES string of the molecule is CCOc1cccc(NC(=O)c2cc3ccccc3c(N=Nc3ccc(Cl)c(S(=O)(=O)O)c3CC)c2O)c1. The third-order valence-electron chi connectivity index (χ3n) is 5.70. The van der Waals surface area contributed by atoms with E-state index < -0.39 is 26.7 Å². The lowest BCUT2D eigenvalue weighted by atomic mass is 10.0. The summed E-state index contributed by atoms with van der Waals surface area (Å²) in [5.41, 5.74) is 0.751. The molecule has 0 aliphatic heterocycles. The van der Waals surface area contributed by atoms with E-state index >= 15 is 0 Å². The van der Waals surface area contributed by atoms with E-state index in [0.29, 0.717) is 28.8 Å². The maximum Gasteiger partial charge on any atom is 0.296 e. The molecule has 0 saturated heterocycles. The molecule has 11 heteroatoms. The number of phenols is 1. The number of nitrogens with one attached hydrogen (secondary N) is 1. The number of fused-ring (bicyclic) bond motifs is 1. The topological polar surface area (TPSA) is 138 Å². The highest BCUT2D eigenvalue weighted by molar-refractivity contribution is 7.86. The number of halogens is 1. The van der Waals surface area contributed by atoms with Crippen molar-refractivity contribution in [2.45, 2.75) is 25.2 Å². The minimum atomic E-state index is -4.62. The summed E-state index contributed by atoms with van der Waals surface area (Å²) in [6, 6.07) is 18.1. The van der Waals surface area contributed by atoms with Crippen molar-refractivity contribution in [3.63, 3.8) is 0 Å². The number of rotatable bonds is 8. The molecule has 0 radical (unpaired) electrons. The van der Waals surface area contributed by atoms with Crippen LogP contribution in [0.3, 0.4) is 0 Å². The van der Waals surface area contributed by atoms with E-state index in [2.05, 4.69) is 15.5 Å². The molecule has 0 unspecified atom stereocenters. The number of nitrogens with zero attached hydrogens (tertiary/aromatic N) is 2. The Balaban J connectivity index is 1.80. The maximum absolute atomic E-state index is 13.2. The van der Waals surface area contributed by atoms with Gasteiger partial charge in [0.2, 0.25) is 0 Å². The third-order valence-corrected chi connectivity index (χ3v) is 7.11. The monoisotopic (exact) mass is 553 g/mol. The number of anilines is 1. The molecule has 4 aromatic carbocycles. The highest BCUT2D eigenvalue weighted by Gasteiger charge is 2.23. The Bertz CT molecular complexity index is 1670. The maximum atomic E-state index is 13.2. The van der Waals surface area contributed by atoms with E-state index in [4.69, 9.17) is 16.3 Å². The smallest absolute Gasteiger partial charge is 0.296 e. The van der Waals surface area contributed by atoms with Crippen LogP contribution >= 0.6 is 11.6 Å². The van der Waals surface area contributed by atoms with Gasteiger partial charge in [-0.1, -0.05) is 48.9 Å². The van der Waals surface area contributed by atoms with E-state index in [1.807, 2.05) is 6.92 Å². The predicted molar refractivity (Wildman–Crippen MR) is 146 cm³/mol. The number of amides is 1. The van der Waals surface area contributed by atoms with Crippen LogP contribution in [0.15, 0.2) is 81.9 Å². The van der Waals surface area contributed by atoms with Gasteiger partial charge in [-0.25, -0.2) is 0 Å². The minimum Gasteiger partial charge on any atom is -0.505 e. The number of aromatic hydroxyl groups is 1. The van der Waals surface area contributed by atoms with Gasteiger partial charge in [-0.3, -0.25) is 9.35 Å². The second-order valence-corrected chi connectivity index (χ2v) is 9.93. The Morgan fingerprint density at radius 2 is 1.79 bits per heavy atom. The van der Waals surface area contributed by atoms with Crippen LogP contribution in [0.2, 0.25) is 5.02 Å². The van der Waals surface area contributed by atoms with Gasteiger partial charge in [-0.05, 0) is 49.1 Å². The molecule has 0 aromatic heterocycles. The number of phenolic OH excluding ortho intramolecular Hbond substituents is 1. The molecule has 0 bridgehead atoms. The molecular weight excluding hydrogens is 530 g/mol. The van der Waals surface area contributed by atoms with Crippen LogP contribution in [0, 0.1) is 0 Å². The van der Waals surface area contributed by atoms with E-state index in [0.717, 1.165) is 0 Å². The first-order valence-corrected chi connectivity index (χ1v) is 13.4. The van der Waals surface area contributed by atoms with Crippen LogP contribution in [0.5, 0.6) is 11.5 Å². The van der Waals surface area contributed by atoms with E-state index in [1.165, 1.54) is 12.1 Å². The van der Waals surface area contributed by atoms with Gasteiger partial charge in [0.25, 0.3) is 16.0 Å². The van der Waals surface area contributed by atoms with Crippen LogP contribution in [-0.4, -0.2) is 30.6 Å². The Hall–Kier alpha value is -3.99. The number of benzene rings is 4. The molecular formula is C27H24ClN3O6S. The summed E-state index contributed by atoms with van der Waals surface area (Å²) >= 11 is 6.03. The third kappa shape index (κ3) is 5.62. The predicted octanol–water partition coefficient (Wildman–Crippen LogP) is 7.07. The van der Waals surface area contributed by atoms with Crippen LogP contribution in [0.4, 0.5) is 17.1 Å². The van der Waals surface area contributed by atoms with E-state index in [1.54, 1.807) is 61.5 Å². The molecule has 9 nitrogen and oxygen atoms in total. The van der Waals surface area contributed by atoms with Crippen molar-refractivity contribution in [1.82, 2.24) is 0 Å². The quantitative estimate of drug-likeness (QED) is 0.157. The van der Waals surface area contributed by atoms with Crippen LogP contribution in [-0.2, 0) is 16.5 Å². The molecule has 38 heavy (non-hydrogen) atoms. The van der Waals surface area contributed by atoms with Crippen molar-refractivity contribution in [2.75, 3.05) is 11.9 Å². The fourth-order valence-electron chi connectivity index (χ4n) is 4.03. The van der Waals surface area contributed by atoms with Gasteiger partial charge in [-0.2, -0.15) is 13.5 Å². The van der Waals surface area contributed by atoms with Gasteiger partial charge in [0.1, 0.15) is 16.3 Å². The molecule has 0 fully saturated rings. The Kier molecular flexibility index (Phi) is 7.96. The normalized spacial score (nSPS) is 11.7. The van der Waals surface area contributed by atoms with Gasteiger partial charge in [-0.15, -0.1) is 5.11 Å². The summed E-state index contributed by atoms with van der Waals surface area (Å²) in [5.74, 6) is -0.401. The first kappa shape index (κ1) is 27.1. The van der Waals surface area contributed by atoms with Crippen LogP contribution < -0.4 is 10.1 Å². The average molecular weight is 554 g/mol. The Morgan fingerprint density at radius 1 is 1.03 bits per heavy atom. The summed E-state index contributed by atoms with van der Waals surface area (Å²) in [7, 11) is -4.62. The fourth-order valence-corrected chi connectivity index (χ4v) is 5.37. The van der Waals surface area contributed by atoms with E-state index in [9.17, 15) is 22.9 Å². The molecule has 0 saturated carbocycles. The van der Waals surface area contributed by atoms with Crippen molar-refractivity contribution in [2.24, 2.45) is 10.2 Å². The number of carbonyl (C=O) groups excluding carboxylic acids is 1. The molecule has 196 valence electrons. The largest absolute Gasteiger partial charge is 0.505 e. The van der Waals surface area contributed by atoms with E-state index in [-0.39, 0.29) is 33.9 Å². The summed E-state index contributed by atoms with van der Waals surface area (Å²) in [5, 5.41) is 23.2.